The molecule has 1 heteroatoms. The van der Waals surface area contributed by atoms with E-state index >= 15 is 0 Å². The SMILES string of the molecule is [B]C1=C(C)c2ccccc2C(C)c2ccccc21. The number of benzene rings is 2. The van der Waals surface area contributed by atoms with Crippen molar-refractivity contribution in [2.75, 3.05) is 0 Å². The van der Waals surface area contributed by atoms with Crippen molar-refractivity contribution in [3.05, 3.63) is 70.8 Å². The van der Waals surface area contributed by atoms with Crippen LogP contribution in [0.3, 0.4) is 0 Å². The van der Waals surface area contributed by atoms with Gasteiger partial charge in [-0.05, 0) is 29.2 Å². The summed E-state index contributed by atoms with van der Waals surface area (Å²) >= 11 is 0. The molecule has 0 saturated carbocycles. The Morgan fingerprint density at radius 3 is 2.00 bits per heavy atom. The van der Waals surface area contributed by atoms with Crippen LogP contribution in [0.4, 0.5) is 0 Å². The van der Waals surface area contributed by atoms with E-state index in [1.807, 2.05) is 0 Å². The molecule has 0 saturated heterocycles. The molecule has 2 aromatic carbocycles. The fourth-order valence-electron chi connectivity index (χ4n) is 2.85. The molecule has 0 heterocycles. The maximum atomic E-state index is 6.35. The van der Waals surface area contributed by atoms with Crippen LogP contribution in [0.2, 0.25) is 0 Å². The topological polar surface area (TPSA) is 0 Å². The Labute approximate surface area is 110 Å². The molecule has 0 N–H and O–H groups in total. The first kappa shape index (κ1) is 11.3. The van der Waals surface area contributed by atoms with E-state index in [0.717, 1.165) is 5.47 Å². The molecule has 0 aliphatic heterocycles. The standard InChI is InChI=1S/C17H15B/c1-11-13-7-3-4-9-15(13)12(2)17(18)16-10-6-5-8-14(11)16/h3-11H,1-2H3. The van der Waals surface area contributed by atoms with E-state index < -0.39 is 0 Å². The summed E-state index contributed by atoms with van der Waals surface area (Å²) in [6, 6.07) is 17.0. The molecule has 18 heavy (non-hydrogen) atoms. The summed E-state index contributed by atoms with van der Waals surface area (Å²) in [5.41, 5.74) is 7.23. The molecule has 0 nitrogen and oxygen atoms in total. The Hall–Kier alpha value is -1.76. The number of allylic oxidation sites excluding steroid dienone is 1. The second-order valence-electron chi connectivity index (χ2n) is 4.93. The number of hydrogen-bond donors (Lipinski definition) is 0. The third kappa shape index (κ3) is 1.54. The van der Waals surface area contributed by atoms with Gasteiger partial charge >= 0.3 is 0 Å². The second kappa shape index (κ2) is 4.17. The van der Waals surface area contributed by atoms with Crippen molar-refractivity contribution < 1.29 is 0 Å². The average Bonchev–Trinajstić information content (AvgIpc) is 2.51. The maximum Gasteiger partial charge on any atom is 0.115 e. The molecule has 0 bridgehead atoms. The second-order valence-corrected chi connectivity index (χ2v) is 4.93. The first-order valence-corrected chi connectivity index (χ1v) is 6.35. The monoisotopic (exact) mass is 230 g/mol. The molecule has 1 atom stereocenters. The van der Waals surface area contributed by atoms with Gasteiger partial charge in [0.05, 0.1) is 0 Å². The molecular formula is C17H15B. The normalized spacial score (nSPS) is 18.0. The van der Waals surface area contributed by atoms with E-state index in [-0.39, 0.29) is 0 Å². The van der Waals surface area contributed by atoms with Crippen LogP contribution in [0.25, 0.3) is 11.0 Å². The molecule has 0 amide bonds. The third-order valence-electron chi connectivity index (χ3n) is 3.95. The fraction of sp³-hybridized carbons (Fsp3) is 0.176. The zero-order valence-electron chi connectivity index (χ0n) is 10.8. The quantitative estimate of drug-likeness (QED) is 0.594. The summed E-state index contributed by atoms with van der Waals surface area (Å²) in [4.78, 5) is 0. The van der Waals surface area contributed by atoms with Crippen LogP contribution in [0.1, 0.15) is 42.0 Å². The summed E-state index contributed by atoms with van der Waals surface area (Å²) in [5, 5.41) is 0. The molecular weight excluding hydrogens is 215 g/mol. The predicted molar refractivity (Wildman–Crippen MR) is 78.6 cm³/mol. The minimum atomic E-state index is 0.383. The summed E-state index contributed by atoms with van der Waals surface area (Å²) in [6.45, 7) is 4.37. The van der Waals surface area contributed by atoms with Crippen LogP contribution in [0.15, 0.2) is 48.5 Å². The molecule has 1 aliphatic rings. The van der Waals surface area contributed by atoms with E-state index in [0.29, 0.717) is 5.92 Å². The van der Waals surface area contributed by atoms with Gasteiger partial charge in [0.15, 0.2) is 0 Å². The minimum absolute atomic E-state index is 0.383. The van der Waals surface area contributed by atoms with Crippen LogP contribution in [-0.4, -0.2) is 7.85 Å². The van der Waals surface area contributed by atoms with E-state index in [1.165, 1.54) is 27.8 Å². The average molecular weight is 230 g/mol. The number of rotatable bonds is 0. The highest BCUT2D eigenvalue weighted by molar-refractivity contribution is 6.47. The summed E-state index contributed by atoms with van der Waals surface area (Å²) in [7, 11) is 6.35. The zero-order valence-corrected chi connectivity index (χ0v) is 10.8. The summed E-state index contributed by atoms with van der Waals surface area (Å²) in [5.74, 6) is 0.383. The van der Waals surface area contributed by atoms with Crippen molar-refractivity contribution >= 4 is 18.9 Å². The smallest absolute Gasteiger partial charge is 0.0858 e. The van der Waals surface area contributed by atoms with E-state index in [4.69, 9.17) is 7.85 Å². The predicted octanol–water partition coefficient (Wildman–Crippen LogP) is 4.21. The van der Waals surface area contributed by atoms with Crippen LogP contribution >= 0.6 is 0 Å². The molecule has 3 rings (SSSR count). The minimum Gasteiger partial charge on any atom is -0.0858 e. The largest absolute Gasteiger partial charge is 0.115 e. The highest BCUT2D eigenvalue weighted by Crippen LogP contribution is 2.39. The van der Waals surface area contributed by atoms with Gasteiger partial charge in [-0.15, -0.1) is 0 Å². The molecule has 86 valence electrons. The zero-order chi connectivity index (χ0) is 12.7. The molecule has 2 radical (unpaired) electrons. The van der Waals surface area contributed by atoms with Gasteiger partial charge in [-0.1, -0.05) is 66.5 Å². The van der Waals surface area contributed by atoms with Crippen LogP contribution in [0, 0.1) is 0 Å². The molecule has 1 aliphatic carbocycles. The van der Waals surface area contributed by atoms with Gasteiger partial charge < -0.3 is 0 Å². The molecule has 2 aromatic rings. The third-order valence-corrected chi connectivity index (χ3v) is 3.95. The van der Waals surface area contributed by atoms with Gasteiger partial charge in [0.2, 0.25) is 0 Å². The Morgan fingerprint density at radius 1 is 0.833 bits per heavy atom. The van der Waals surface area contributed by atoms with Crippen molar-refractivity contribution in [1.82, 2.24) is 0 Å². The summed E-state index contributed by atoms with van der Waals surface area (Å²) < 4.78 is 0. The Bertz CT molecular complexity index is 582. The first-order chi connectivity index (χ1) is 8.70. The van der Waals surface area contributed by atoms with Gasteiger partial charge in [0.25, 0.3) is 0 Å². The molecule has 0 spiro atoms. The first-order valence-electron chi connectivity index (χ1n) is 6.35. The highest BCUT2D eigenvalue weighted by atomic mass is 14.2. The Morgan fingerprint density at radius 2 is 1.33 bits per heavy atom. The molecule has 0 aromatic heterocycles. The molecule has 1 unspecified atom stereocenters. The number of hydrogen-bond acceptors (Lipinski definition) is 0. The lowest BCUT2D eigenvalue weighted by molar-refractivity contribution is 0.918. The van der Waals surface area contributed by atoms with Crippen molar-refractivity contribution in [3.63, 3.8) is 0 Å². The van der Waals surface area contributed by atoms with Crippen molar-refractivity contribution in [2.24, 2.45) is 0 Å². The van der Waals surface area contributed by atoms with Gasteiger partial charge in [-0.2, -0.15) is 0 Å². The van der Waals surface area contributed by atoms with E-state index in [2.05, 4.69) is 62.4 Å². The Balaban J connectivity index is 2.39. The van der Waals surface area contributed by atoms with Crippen molar-refractivity contribution in [2.45, 2.75) is 19.8 Å². The van der Waals surface area contributed by atoms with E-state index in [1.54, 1.807) is 0 Å². The van der Waals surface area contributed by atoms with Gasteiger partial charge in [-0.25, -0.2) is 0 Å². The van der Waals surface area contributed by atoms with Gasteiger partial charge in [0.1, 0.15) is 7.85 Å². The van der Waals surface area contributed by atoms with Crippen molar-refractivity contribution in [1.29, 1.82) is 0 Å². The van der Waals surface area contributed by atoms with Crippen LogP contribution in [-0.2, 0) is 0 Å². The highest BCUT2D eigenvalue weighted by Gasteiger charge is 2.21. The lowest BCUT2D eigenvalue weighted by Gasteiger charge is -2.16. The fourth-order valence-corrected chi connectivity index (χ4v) is 2.85. The molecule has 0 fully saturated rings. The lowest BCUT2D eigenvalue weighted by Crippen LogP contribution is -1.99. The Kier molecular flexibility index (Phi) is 2.63. The lowest BCUT2D eigenvalue weighted by atomic mass is 9.81. The van der Waals surface area contributed by atoms with Crippen LogP contribution < -0.4 is 0 Å². The van der Waals surface area contributed by atoms with Crippen molar-refractivity contribution in [3.8, 4) is 0 Å². The summed E-state index contributed by atoms with van der Waals surface area (Å²) in [6.07, 6.45) is 0. The number of fused-ring (bicyclic) bond motifs is 2. The van der Waals surface area contributed by atoms with Crippen LogP contribution in [0.5, 0.6) is 0 Å². The van der Waals surface area contributed by atoms with E-state index in [9.17, 15) is 0 Å². The van der Waals surface area contributed by atoms with Gasteiger partial charge in [0, 0.05) is 5.92 Å². The maximum absolute atomic E-state index is 6.35. The van der Waals surface area contributed by atoms with Gasteiger partial charge in [-0.3, -0.25) is 0 Å².